The van der Waals surface area contributed by atoms with Gasteiger partial charge in [-0.05, 0) is 26.0 Å². The lowest BCUT2D eigenvalue weighted by Crippen LogP contribution is -2.48. The van der Waals surface area contributed by atoms with Crippen molar-refractivity contribution in [3.05, 3.63) is 53.5 Å². The SMILES string of the molecule is Cc1nn(C)c(C)c1CN1CCN(S(=O)(=O)c2cccc3cccnc23)CC1. The number of hydrogen-bond acceptors (Lipinski definition) is 5. The predicted molar refractivity (Wildman–Crippen MR) is 108 cm³/mol. The van der Waals surface area contributed by atoms with Crippen LogP contribution < -0.4 is 0 Å². The molecule has 0 spiro atoms. The molecule has 4 rings (SSSR count). The summed E-state index contributed by atoms with van der Waals surface area (Å²) in [4.78, 5) is 6.90. The molecule has 1 fully saturated rings. The van der Waals surface area contributed by atoms with Gasteiger partial charge in [0.05, 0.1) is 11.2 Å². The van der Waals surface area contributed by atoms with E-state index in [4.69, 9.17) is 0 Å². The molecule has 1 aliphatic heterocycles. The fraction of sp³-hybridized carbons (Fsp3) is 0.400. The third-order valence-corrected chi connectivity index (χ3v) is 7.52. The molecule has 0 saturated carbocycles. The smallest absolute Gasteiger partial charge is 0.245 e. The van der Waals surface area contributed by atoms with Crippen molar-refractivity contribution in [2.24, 2.45) is 7.05 Å². The Bertz CT molecular complexity index is 1110. The second-order valence-corrected chi connectivity index (χ2v) is 9.19. The number of piperazine rings is 1. The highest BCUT2D eigenvalue weighted by atomic mass is 32.2. The molecular formula is C20H25N5O2S. The maximum atomic E-state index is 13.2. The molecule has 3 heterocycles. The van der Waals surface area contributed by atoms with Gasteiger partial charge in [-0.3, -0.25) is 14.6 Å². The first-order valence-electron chi connectivity index (χ1n) is 9.43. The molecular weight excluding hydrogens is 374 g/mol. The third-order valence-electron chi connectivity index (χ3n) is 5.59. The molecule has 1 aromatic carbocycles. The Morgan fingerprint density at radius 2 is 1.75 bits per heavy atom. The van der Waals surface area contributed by atoms with Crippen molar-refractivity contribution < 1.29 is 8.42 Å². The summed E-state index contributed by atoms with van der Waals surface area (Å²) in [6.45, 7) is 7.25. The van der Waals surface area contributed by atoms with E-state index in [1.807, 2.05) is 36.9 Å². The molecule has 0 amide bonds. The van der Waals surface area contributed by atoms with E-state index in [0.717, 1.165) is 23.3 Å². The topological polar surface area (TPSA) is 71.3 Å². The number of para-hydroxylation sites is 1. The Hall–Kier alpha value is -2.29. The van der Waals surface area contributed by atoms with Crippen LogP contribution in [0.3, 0.4) is 0 Å². The molecule has 3 aromatic rings. The molecule has 0 aliphatic carbocycles. The van der Waals surface area contributed by atoms with E-state index in [1.54, 1.807) is 22.6 Å². The van der Waals surface area contributed by atoms with Gasteiger partial charge < -0.3 is 0 Å². The van der Waals surface area contributed by atoms with Gasteiger partial charge in [-0.15, -0.1) is 0 Å². The zero-order valence-electron chi connectivity index (χ0n) is 16.5. The molecule has 0 unspecified atom stereocenters. The summed E-state index contributed by atoms with van der Waals surface area (Å²) >= 11 is 0. The summed E-state index contributed by atoms with van der Waals surface area (Å²) in [6, 6.07) is 9.02. The second kappa shape index (κ2) is 7.27. The van der Waals surface area contributed by atoms with Crippen molar-refractivity contribution in [2.45, 2.75) is 25.3 Å². The molecule has 8 heteroatoms. The van der Waals surface area contributed by atoms with Crippen LogP contribution in [0.1, 0.15) is 17.0 Å². The highest BCUT2D eigenvalue weighted by Gasteiger charge is 2.30. The maximum absolute atomic E-state index is 13.2. The fourth-order valence-electron chi connectivity index (χ4n) is 3.82. The van der Waals surface area contributed by atoms with Gasteiger partial charge in [0, 0.05) is 62.6 Å². The summed E-state index contributed by atoms with van der Waals surface area (Å²) in [5.41, 5.74) is 3.97. The molecule has 0 N–H and O–H groups in total. The molecule has 0 radical (unpaired) electrons. The minimum Gasteiger partial charge on any atom is -0.296 e. The Labute approximate surface area is 165 Å². The Kier molecular flexibility index (Phi) is 4.95. The quantitative estimate of drug-likeness (QED) is 0.672. The first-order chi connectivity index (χ1) is 13.4. The number of sulfonamides is 1. The summed E-state index contributed by atoms with van der Waals surface area (Å²) < 4.78 is 29.9. The van der Waals surface area contributed by atoms with Crippen LogP contribution in [0.4, 0.5) is 0 Å². The van der Waals surface area contributed by atoms with Crippen LogP contribution in [0.5, 0.6) is 0 Å². The number of pyridine rings is 1. The monoisotopic (exact) mass is 399 g/mol. The van der Waals surface area contributed by atoms with Crippen LogP contribution in [-0.2, 0) is 23.6 Å². The number of hydrogen-bond donors (Lipinski definition) is 0. The molecule has 1 aliphatic rings. The number of aromatic nitrogens is 3. The average Bonchev–Trinajstić information content (AvgIpc) is 2.94. The van der Waals surface area contributed by atoms with Crippen molar-refractivity contribution in [3.8, 4) is 0 Å². The van der Waals surface area contributed by atoms with Gasteiger partial charge in [0.25, 0.3) is 0 Å². The van der Waals surface area contributed by atoms with E-state index in [0.29, 0.717) is 31.7 Å². The van der Waals surface area contributed by atoms with Crippen LogP contribution in [0.2, 0.25) is 0 Å². The lowest BCUT2D eigenvalue weighted by atomic mass is 10.1. The normalized spacial score (nSPS) is 16.7. The van der Waals surface area contributed by atoms with Gasteiger partial charge in [0.2, 0.25) is 10.0 Å². The van der Waals surface area contributed by atoms with Gasteiger partial charge in [-0.25, -0.2) is 8.42 Å². The zero-order chi connectivity index (χ0) is 19.9. The number of fused-ring (bicyclic) bond motifs is 1. The van der Waals surface area contributed by atoms with Gasteiger partial charge in [0.15, 0.2) is 0 Å². The van der Waals surface area contributed by atoms with E-state index in [1.165, 1.54) is 5.56 Å². The number of nitrogens with zero attached hydrogens (tertiary/aromatic N) is 5. The van der Waals surface area contributed by atoms with Crippen molar-refractivity contribution in [2.75, 3.05) is 26.2 Å². The molecule has 148 valence electrons. The van der Waals surface area contributed by atoms with Gasteiger partial charge >= 0.3 is 0 Å². The van der Waals surface area contributed by atoms with Crippen LogP contribution in [0.15, 0.2) is 41.4 Å². The van der Waals surface area contributed by atoms with Crippen LogP contribution >= 0.6 is 0 Å². The molecule has 0 bridgehead atoms. The van der Waals surface area contributed by atoms with Crippen molar-refractivity contribution in [1.29, 1.82) is 0 Å². The molecule has 2 aromatic heterocycles. The maximum Gasteiger partial charge on any atom is 0.245 e. The summed E-state index contributed by atoms with van der Waals surface area (Å²) in [5.74, 6) is 0. The Balaban J connectivity index is 1.51. The Morgan fingerprint density at radius 3 is 2.43 bits per heavy atom. The average molecular weight is 400 g/mol. The molecule has 28 heavy (non-hydrogen) atoms. The lowest BCUT2D eigenvalue weighted by molar-refractivity contribution is 0.181. The van der Waals surface area contributed by atoms with Crippen LogP contribution in [0.25, 0.3) is 10.9 Å². The highest BCUT2D eigenvalue weighted by molar-refractivity contribution is 7.89. The van der Waals surface area contributed by atoms with Crippen molar-refractivity contribution in [1.82, 2.24) is 24.0 Å². The summed E-state index contributed by atoms with van der Waals surface area (Å²) in [5, 5.41) is 5.31. The number of rotatable bonds is 4. The van der Waals surface area contributed by atoms with Crippen LogP contribution in [0, 0.1) is 13.8 Å². The van der Waals surface area contributed by atoms with E-state index < -0.39 is 10.0 Å². The fourth-order valence-corrected chi connectivity index (χ4v) is 5.41. The van der Waals surface area contributed by atoms with E-state index in [9.17, 15) is 8.42 Å². The first-order valence-corrected chi connectivity index (χ1v) is 10.9. The minimum atomic E-state index is -3.57. The third kappa shape index (κ3) is 3.32. The lowest BCUT2D eigenvalue weighted by Gasteiger charge is -2.34. The van der Waals surface area contributed by atoms with E-state index in [-0.39, 0.29) is 4.90 Å². The molecule has 1 saturated heterocycles. The van der Waals surface area contributed by atoms with Gasteiger partial charge in [-0.1, -0.05) is 18.2 Å². The summed E-state index contributed by atoms with van der Waals surface area (Å²) in [7, 11) is -1.62. The van der Waals surface area contributed by atoms with Gasteiger partial charge in [0.1, 0.15) is 4.90 Å². The number of benzene rings is 1. The Morgan fingerprint density at radius 1 is 1.04 bits per heavy atom. The summed E-state index contributed by atoms with van der Waals surface area (Å²) in [6.07, 6.45) is 1.64. The second-order valence-electron chi connectivity index (χ2n) is 7.28. The zero-order valence-corrected chi connectivity index (χ0v) is 17.3. The van der Waals surface area contributed by atoms with Crippen molar-refractivity contribution in [3.63, 3.8) is 0 Å². The standard InChI is InChI=1S/C20H25N5O2S/c1-15-18(16(2)23(3)22-15)14-24-10-12-25(13-11-24)28(26,27)19-8-4-6-17-7-5-9-21-20(17)19/h4-9H,10-14H2,1-3H3. The van der Waals surface area contributed by atoms with E-state index in [2.05, 4.69) is 21.9 Å². The highest BCUT2D eigenvalue weighted by Crippen LogP contribution is 2.25. The van der Waals surface area contributed by atoms with Gasteiger partial charge in [-0.2, -0.15) is 9.40 Å². The van der Waals surface area contributed by atoms with Crippen LogP contribution in [-0.4, -0.2) is 58.6 Å². The molecule has 0 atom stereocenters. The van der Waals surface area contributed by atoms with Crippen molar-refractivity contribution >= 4 is 20.9 Å². The minimum absolute atomic E-state index is 0.290. The largest absolute Gasteiger partial charge is 0.296 e. The van der Waals surface area contributed by atoms with E-state index >= 15 is 0 Å². The number of aryl methyl sites for hydroxylation is 2. The molecule has 7 nitrogen and oxygen atoms in total. The predicted octanol–water partition coefficient (Wildman–Crippen LogP) is 2.09. The first kappa shape index (κ1) is 19.0.